The highest BCUT2D eigenvalue weighted by molar-refractivity contribution is 14.0. The van der Waals surface area contributed by atoms with Gasteiger partial charge in [0.1, 0.15) is 0 Å². The molecule has 0 atom stereocenters. The van der Waals surface area contributed by atoms with Crippen molar-refractivity contribution in [2.45, 2.75) is 32.6 Å². The third-order valence-corrected chi connectivity index (χ3v) is 2.08. The summed E-state index contributed by atoms with van der Waals surface area (Å²) in [5.41, 5.74) is 1.30. The number of allylic oxidation sites excluding steroid dienone is 1. The van der Waals surface area contributed by atoms with E-state index in [1.54, 1.807) is 0 Å². The van der Waals surface area contributed by atoms with Crippen LogP contribution in [0.3, 0.4) is 0 Å². The Labute approximate surface area is 104 Å². The molecule has 0 saturated carbocycles. The van der Waals surface area contributed by atoms with Gasteiger partial charge in [0, 0.05) is 0 Å². The number of halogens is 1. The standard InChI is InChI=1S/C13H18.HI/c1-2-3-4-5-7-10-13-11-8-6-9-12-13;/h6-12H,2-5H2,1H3;1H. The number of hydrogen-bond donors (Lipinski definition) is 0. The minimum absolute atomic E-state index is 0. The van der Waals surface area contributed by atoms with Gasteiger partial charge in [-0.3, -0.25) is 0 Å². The zero-order valence-electron chi connectivity index (χ0n) is 8.78. The average Bonchev–Trinajstić information content (AvgIpc) is 2.19. The molecule has 0 radical (unpaired) electrons. The van der Waals surface area contributed by atoms with Crippen molar-refractivity contribution in [2.24, 2.45) is 0 Å². The van der Waals surface area contributed by atoms with E-state index in [-0.39, 0.29) is 24.0 Å². The van der Waals surface area contributed by atoms with E-state index in [1.165, 1.54) is 31.2 Å². The average molecular weight is 302 g/mol. The van der Waals surface area contributed by atoms with Crippen molar-refractivity contribution in [2.75, 3.05) is 0 Å². The van der Waals surface area contributed by atoms with Crippen molar-refractivity contribution >= 4 is 30.1 Å². The van der Waals surface area contributed by atoms with E-state index >= 15 is 0 Å². The van der Waals surface area contributed by atoms with E-state index < -0.39 is 0 Å². The quantitative estimate of drug-likeness (QED) is 0.536. The molecule has 0 fully saturated rings. The van der Waals surface area contributed by atoms with Crippen LogP contribution in [0.15, 0.2) is 36.4 Å². The summed E-state index contributed by atoms with van der Waals surface area (Å²) in [7, 11) is 0. The first-order valence-corrected chi connectivity index (χ1v) is 5.15. The second-order valence-corrected chi connectivity index (χ2v) is 3.31. The predicted octanol–water partition coefficient (Wildman–Crippen LogP) is 4.90. The van der Waals surface area contributed by atoms with Crippen LogP contribution >= 0.6 is 24.0 Å². The first-order chi connectivity index (χ1) is 6.43. The molecule has 1 aromatic carbocycles. The molecule has 0 heterocycles. The lowest BCUT2D eigenvalue weighted by molar-refractivity contribution is 0.730. The molecule has 78 valence electrons. The summed E-state index contributed by atoms with van der Waals surface area (Å²) < 4.78 is 0. The van der Waals surface area contributed by atoms with E-state index in [2.05, 4.69) is 49.4 Å². The Morgan fingerprint density at radius 2 is 1.79 bits per heavy atom. The van der Waals surface area contributed by atoms with Gasteiger partial charge in [-0.2, -0.15) is 0 Å². The fourth-order valence-electron chi connectivity index (χ4n) is 1.30. The van der Waals surface area contributed by atoms with Crippen molar-refractivity contribution in [1.82, 2.24) is 0 Å². The largest absolute Gasteiger partial charge is 0.107 e. The zero-order valence-corrected chi connectivity index (χ0v) is 11.1. The van der Waals surface area contributed by atoms with Gasteiger partial charge in [-0.15, -0.1) is 24.0 Å². The van der Waals surface area contributed by atoms with Crippen LogP contribution in [-0.4, -0.2) is 0 Å². The summed E-state index contributed by atoms with van der Waals surface area (Å²) >= 11 is 0. The van der Waals surface area contributed by atoms with Gasteiger partial charge < -0.3 is 0 Å². The van der Waals surface area contributed by atoms with Crippen LogP contribution in [0.2, 0.25) is 0 Å². The molecular formula is C13H19I. The summed E-state index contributed by atoms with van der Waals surface area (Å²) in [6.45, 7) is 2.24. The predicted molar refractivity (Wildman–Crippen MR) is 75.0 cm³/mol. The molecule has 0 N–H and O–H groups in total. The van der Waals surface area contributed by atoms with Gasteiger partial charge >= 0.3 is 0 Å². The Balaban J connectivity index is 0.00000169. The van der Waals surface area contributed by atoms with Crippen LogP contribution < -0.4 is 0 Å². The second kappa shape index (κ2) is 9.25. The van der Waals surface area contributed by atoms with Gasteiger partial charge in [-0.1, -0.05) is 62.2 Å². The zero-order chi connectivity index (χ0) is 9.36. The topological polar surface area (TPSA) is 0 Å². The fourth-order valence-corrected chi connectivity index (χ4v) is 1.30. The fraction of sp³-hybridized carbons (Fsp3) is 0.385. The Morgan fingerprint density at radius 3 is 2.43 bits per heavy atom. The van der Waals surface area contributed by atoms with Gasteiger partial charge in [0.15, 0.2) is 0 Å². The van der Waals surface area contributed by atoms with Crippen LogP contribution in [0, 0.1) is 0 Å². The maximum atomic E-state index is 2.27. The van der Waals surface area contributed by atoms with Gasteiger partial charge in [-0.05, 0) is 18.4 Å². The lowest BCUT2D eigenvalue weighted by Gasteiger charge is -1.92. The highest BCUT2D eigenvalue weighted by Crippen LogP contribution is 2.04. The maximum Gasteiger partial charge on any atom is -0.0260 e. The summed E-state index contributed by atoms with van der Waals surface area (Å²) in [5.74, 6) is 0. The van der Waals surface area contributed by atoms with Crippen LogP contribution in [0.25, 0.3) is 6.08 Å². The van der Waals surface area contributed by atoms with Crippen LogP contribution in [0.5, 0.6) is 0 Å². The molecule has 0 spiro atoms. The second-order valence-electron chi connectivity index (χ2n) is 3.31. The van der Waals surface area contributed by atoms with E-state index in [1.807, 2.05) is 0 Å². The van der Waals surface area contributed by atoms with Gasteiger partial charge in [0.25, 0.3) is 0 Å². The molecule has 0 unspecified atom stereocenters. The maximum absolute atomic E-state index is 2.27. The van der Waals surface area contributed by atoms with Crippen molar-refractivity contribution in [1.29, 1.82) is 0 Å². The molecule has 0 nitrogen and oxygen atoms in total. The molecule has 14 heavy (non-hydrogen) atoms. The lowest BCUT2D eigenvalue weighted by atomic mass is 10.1. The van der Waals surface area contributed by atoms with Gasteiger partial charge in [0.2, 0.25) is 0 Å². The molecule has 0 aliphatic carbocycles. The van der Waals surface area contributed by atoms with E-state index in [9.17, 15) is 0 Å². The molecule has 0 aliphatic heterocycles. The van der Waals surface area contributed by atoms with E-state index in [0.29, 0.717) is 0 Å². The van der Waals surface area contributed by atoms with Crippen molar-refractivity contribution in [3.63, 3.8) is 0 Å². The highest BCUT2D eigenvalue weighted by atomic mass is 127. The first kappa shape index (κ1) is 13.7. The minimum Gasteiger partial charge on any atom is -0.107 e. The Bertz CT molecular complexity index is 239. The third kappa shape index (κ3) is 6.19. The molecular weight excluding hydrogens is 283 g/mol. The number of rotatable bonds is 5. The highest BCUT2D eigenvalue weighted by Gasteiger charge is 1.83. The molecule has 1 rings (SSSR count). The summed E-state index contributed by atoms with van der Waals surface area (Å²) in [6, 6.07) is 10.5. The van der Waals surface area contributed by atoms with Crippen LogP contribution in [0.1, 0.15) is 38.2 Å². The van der Waals surface area contributed by atoms with Crippen LogP contribution in [-0.2, 0) is 0 Å². The van der Waals surface area contributed by atoms with Crippen LogP contribution in [0.4, 0.5) is 0 Å². The molecule has 0 amide bonds. The summed E-state index contributed by atoms with van der Waals surface area (Å²) in [5, 5.41) is 0. The normalized spacial score (nSPS) is 10.1. The SMILES string of the molecule is CCCCCC=Cc1ccccc1.I. The van der Waals surface area contributed by atoms with Gasteiger partial charge in [-0.25, -0.2) is 0 Å². The molecule has 1 aromatic rings. The monoisotopic (exact) mass is 302 g/mol. The van der Waals surface area contributed by atoms with Crippen molar-refractivity contribution < 1.29 is 0 Å². The lowest BCUT2D eigenvalue weighted by Crippen LogP contribution is -1.72. The molecule has 1 heteroatoms. The first-order valence-electron chi connectivity index (χ1n) is 5.15. The van der Waals surface area contributed by atoms with E-state index in [0.717, 1.165) is 0 Å². The number of unbranched alkanes of at least 4 members (excludes halogenated alkanes) is 3. The van der Waals surface area contributed by atoms with Gasteiger partial charge in [0.05, 0.1) is 0 Å². The summed E-state index contributed by atoms with van der Waals surface area (Å²) in [4.78, 5) is 0. The van der Waals surface area contributed by atoms with Crippen molar-refractivity contribution in [3.8, 4) is 0 Å². The number of benzene rings is 1. The molecule has 0 aliphatic rings. The van der Waals surface area contributed by atoms with E-state index in [4.69, 9.17) is 0 Å². The summed E-state index contributed by atoms with van der Waals surface area (Å²) in [6.07, 6.45) is 9.65. The Kier molecular flexibility index (Phi) is 9.05. The smallest absolute Gasteiger partial charge is 0.0260 e. The molecule has 0 aromatic heterocycles. The minimum atomic E-state index is 0. The Hall–Kier alpha value is -0.310. The molecule has 0 saturated heterocycles. The molecule has 0 bridgehead atoms. The number of hydrogen-bond acceptors (Lipinski definition) is 0. The Morgan fingerprint density at radius 1 is 1.07 bits per heavy atom. The van der Waals surface area contributed by atoms with Crippen molar-refractivity contribution in [3.05, 3.63) is 42.0 Å². The third-order valence-electron chi connectivity index (χ3n) is 2.08.